The van der Waals surface area contributed by atoms with Crippen LogP contribution in [0.5, 0.6) is 0 Å². The Bertz CT molecular complexity index is 1190. The van der Waals surface area contributed by atoms with Crippen molar-refractivity contribution in [2.24, 2.45) is 17.8 Å². The van der Waals surface area contributed by atoms with Gasteiger partial charge in [-0.05, 0) is 69.3 Å². The van der Waals surface area contributed by atoms with Crippen LogP contribution in [0.25, 0.3) is 11.0 Å². The van der Waals surface area contributed by atoms with Crippen LogP contribution in [-0.2, 0) is 26.3 Å². The molecular formula is C32H43N3O3. The van der Waals surface area contributed by atoms with Crippen LogP contribution >= 0.6 is 0 Å². The van der Waals surface area contributed by atoms with Gasteiger partial charge in [-0.3, -0.25) is 4.79 Å². The first-order chi connectivity index (χ1) is 18.3. The average molecular weight is 518 g/mol. The van der Waals surface area contributed by atoms with Gasteiger partial charge in [0.05, 0.1) is 22.6 Å². The van der Waals surface area contributed by atoms with E-state index in [2.05, 4.69) is 53.3 Å². The van der Waals surface area contributed by atoms with Crippen molar-refractivity contribution in [1.29, 1.82) is 0 Å². The fourth-order valence-corrected chi connectivity index (χ4v) is 6.94. The Labute approximate surface area is 227 Å². The number of carbonyl (C=O) groups excluding carboxylic acids is 1. The van der Waals surface area contributed by atoms with Crippen LogP contribution in [0.3, 0.4) is 0 Å². The molecule has 0 spiro atoms. The van der Waals surface area contributed by atoms with E-state index in [0.29, 0.717) is 11.8 Å². The Kier molecular flexibility index (Phi) is 7.92. The van der Waals surface area contributed by atoms with Crippen LogP contribution in [0, 0.1) is 17.8 Å². The summed E-state index contributed by atoms with van der Waals surface area (Å²) in [6.45, 7) is 5.75. The molecule has 3 aromatic rings. The van der Waals surface area contributed by atoms with Crippen LogP contribution in [0.4, 0.5) is 0 Å². The highest BCUT2D eigenvalue weighted by atomic mass is 16.6. The molecular weight excluding hydrogens is 474 g/mol. The van der Waals surface area contributed by atoms with Crippen molar-refractivity contribution in [1.82, 2.24) is 14.9 Å². The molecule has 0 aliphatic heterocycles. The minimum Gasteiger partial charge on any atom is -0.459 e. The van der Waals surface area contributed by atoms with Gasteiger partial charge in [0.2, 0.25) is 0 Å². The first-order valence-corrected chi connectivity index (χ1v) is 14.3. The zero-order chi connectivity index (χ0) is 26.8. The van der Waals surface area contributed by atoms with Gasteiger partial charge in [-0.2, -0.15) is 0 Å². The van der Waals surface area contributed by atoms with Crippen LogP contribution in [0.1, 0.15) is 63.8 Å². The van der Waals surface area contributed by atoms with E-state index < -0.39 is 5.60 Å². The van der Waals surface area contributed by atoms with Gasteiger partial charge < -0.3 is 19.4 Å². The highest BCUT2D eigenvalue weighted by molar-refractivity contribution is 5.74. The lowest BCUT2D eigenvalue weighted by Crippen LogP contribution is -2.60. The lowest BCUT2D eigenvalue weighted by molar-refractivity contribution is -0.226. The van der Waals surface area contributed by atoms with Gasteiger partial charge in [-0.15, -0.1) is 0 Å². The molecule has 0 radical (unpaired) electrons. The Hall–Kier alpha value is -2.70. The summed E-state index contributed by atoms with van der Waals surface area (Å²) in [5, 5.41) is 0. The molecule has 204 valence electrons. The topological polar surface area (TPSA) is 67.4 Å². The first-order valence-electron chi connectivity index (χ1n) is 14.3. The number of H-pyrrole nitrogens is 1. The number of aromatic nitrogens is 2. The number of esters is 1. The van der Waals surface area contributed by atoms with Gasteiger partial charge in [0.1, 0.15) is 11.4 Å². The van der Waals surface area contributed by atoms with Crippen LogP contribution in [-0.4, -0.2) is 53.7 Å². The summed E-state index contributed by atoms with van der Waals surface area (Å²) in [7, 11) is 4.03. The number of para-hydroxylation sites is 2. The molecule has 38 heavy (non-hydrogen) atoms. The lowest BCUT2D eigenvalue weighted by Gasteiger charge is -2.59. The van der Waals surface area contributed by atoms with Gasteiger partial charge in [0.15, 0.2) is 0 Å². The number of rotatable bonds is 11. The van der Waals surface area contributed by atoms with Gasteiger partial charge in [0.25, 0.3) is 0 Å². The van der Waals surface area contributed by atoms with Gasteiger partial charge >= 0.3 is 5.97 Å². The second kappa shape index (κ2) is 11.2. The molecule has 3 fully saturated rings. The molecule has 2 bridgehead atoms. The Morgan fingerprint density at radius 2 is 1.79 bits per heavy atom. The molecule has 3 aliphatic rings. The molecule has 4 atom stereocenters. The molecule has 1 heterocycles. The lowest BCUT2D eigenvalue weighted by atomic mass is 9.53. The highest BCUT2D eigenvalue weighted by Crippen LogP contribution is 2.60. The van der Waals surface area contributed by atoms with Gasteiger partial charge in [-0.1, -0.05) is 56.3 Å². The molecule has 6 rings (SSSR count). The third-order valence-electron chi connectivity index (χ3n) is 9.12. The number of nitrogens with one attached hydrogen (secondary N) is 1. The summed E-state index contributed by atoms with van der Waals surface area (Å²) in [6.07, 6.45) is 6.78. The molecule has 0 saturated heterocycles. The van der Waals surface area contributed by atoms with E-state index in [-0.39, 0.29) is 17.5 Å². The van der Waals surface area contributed by atoms with E-state index in [1.54, 1.807) is 0 Å². The number of carbonyl (C=O) groups is 1. The smallest absolute Gasteiger partial charge is 0.308 e. The quantitative estimate of drug-likeness (QED) is 0.311. The summed E-state index contributed by atoms with van der Waals surface area (Å²) >= 11 is 0. The predicted molar refractivity (Wildman–Crippen MR) is 151 cm³/mol. The number of nitrogens with zero attached hydrogens (tertiary/aromatic N) is 2. The zero-order valence-electron chi connectivity index (χ0n) is 23.4. The Balaban J connectivity index is 1.25. The highest BCUT2D eigenvalue weighted by Gasteiger charge is 2.60. The standard InChI is InChI=1S/C32H43N3O3/c1-23(2)30(36)38-31(18-20-35(3)19-10-15-29-33-27-13-8-9-14-28(27)34-29)21-26-17-16-25(31)22-32(26,37-4)24-11-6-5-7-12-24/h5-9,11-14,23,25-26H,10,15-22H2,1-4H3,(H,33,34). The van der Waals surface area contributed by atoms with Crippen molar-refractivity contribution in [2.75, 3.05) is 27.2 Å². The monoisotopic (exact) mass is 517 g/mol. The number of aryl methyl sites for hydroxylation is 1. The number of imidazole rings is 1. The van der Waals surface area contributed by atoms with Crippen molar-refractivity contribution >= 4 is 17.0 Å². The van der Waals surface area contributed by atoms with Crippen LogP contribution in [0.15, 0.2) is 54.6 Å². The molecule has 2 aromatic carbocycles. The molecule has 1 aromatic heterocycles. The van der Waals surface area contributed by atoms with Crippen molar-refractivity contribution in [3.8, 4) is 0 Å². The molecule has 3 aliphatic carbocycles. The van der Waals surface area contributed by atoms with E-state index in [4.69, 9.17) is 14.5 Å². The second-order valence-electron chi connectivity index (χ2n) is 11.8. The summed E-state index contributed by atoms with van der Waals surface area (Å²) in [5.74, 6) is 1.46. The summed E-state index contributed by atoms with van der Waals surface area (Å²) in [6, 6.07) is 18.8. The SMILES string of the molecule is COC1(c2ccccc2)CC2CCC1CC2(CCN(C)CCCc1nc2ccccc2[nH]1)OC(=O)C(C)C. The number of hydrogen-bond donors (Lipinski definition) is 1. The van der Waals surface area contributed by atoms with Crippen molar-refractivity contribution in [3.63, 3.8) is 0 Å². The number of aromatic amines is 1. The predicted octanol–water partition coefficient (Wildman–Crippen LogP) is 6.12. The van der Waals surface area contributed by atoms with E-state index in [1.165, 1.54) is 5.56 Å². The minimum absolute atomic E-state index is 0.0761. The maximum Gasteiger partial charge on any atom is 0.308 e. The van der Waals surface area contributed by atoms with Crippen molar-refractivity contribution < 1.29 is 14.3 Å². The second-order valence-corrected chi connectivity index (χ2v) is 11.8. The molecule has 6 nitrogen and oxygen atoms in total. The molecule has 6 heteroatoms. The number of methoxy groups -OCH3 is 1. The number of fused-ring (bicyclic) bond motifs is 4. The molecule has 4 unspecified atom stereocenters. The van der Waals surface area contributed by atoms with E-state index >= 15 is 0 Å². The first kappa shape index (κ1) is 26.9. The largest absolute Gasteiger partial charge is 0.459 e. The van der Waals surface area contributed by atoms with Gasteiger partial charge in [0, 0.05) is 32.4 Å². The maximum atomic E-state index is 13.0. The average Bonchev–Trinajstić information content (AvgIpc) is 3.35. The maximum absolute atomic E-state index is 13.0. The Morgan fingerprint density at radius 1 is 1.05 bits per heavy atom. The summed E-state index contributed by atoms with van der Waals surface area (Å²) < 4.78 is 12.8. The van der Waals surface area contributed by atoms with E-state index in [1.807, 2.05) is 39.2 Å². The van der Waals surface area contributed by atoms with E-state index in [0.717, 1.165) is 74.9 Å². The van der Waals surface area contributed by atoms with Gasteiger partial charge in [-0.25, -0.2) is 4.98 Å². The number of hydrogen-bond acceptors (Lipinski definition) is 5. The van der Waals surface area contributed by atoms with Crippen molar-refractivity contribution in [2.45, 2.75) is 70.0 Å². The normalized spacial score (nSPS) is 26.9. The van der Waals surface area contributed by atoms with Crippen LogP contribution < -0.4 is 0 Å². The summed E-state index contributed by atoms with van der Waals surface area (Å²) in [5.41, 5.74) is 2.66. The summed E-state index contributed by atoms with van der Waals surface area (Å²) in [4.78, 5) is 23.5. The molecule has 3 saturated carbocycles. The third-order valence-corrected chi connectivity index (χ3v) is 9.12. The zero-order valence-corrected chi connectivity index (χ0v) is 23.4. The number of ether oxygens (including phenoxy) is 2. The fraction of sp³-hybridized carbons (Fsp3) is 0.562. The Morgan fingerprint density at radius 3 is 2.47 bits per heavy atom. The van der Waals surface area contributed by atoms with Crippen molar-refractivity contribution in [3.05, 3.63) is 66.0 Å². The fourth-order valence-electron chi connectivity index (χ4n) is 6.94. The van der Waals surface area contributed by atoms with Crippen LogP contribution in [0.2, 0.25) is 0 Å². The minimum atomic E-state index is -0.423. The molecule has 1 N–H and O–H groups in total. The molecule has 0 amide bonds. The number of benzene rings is 2. The van der Waals surface area contributed by atoms with E-state index in [9.17, 15) is 4.79 Å². The third kappa shape index (κ3) is 5.26.